The maximum atomic E-state index is 12.0. The van der Waals surface area contributed by atoms with Gasteiger partial charge in [0, 0.05) is 6.61 Å². The van der Waals surface area contributed by atoms with E-state index in [-0.39, 0.29) is 31.7 Å². The molecule has 0 aliphatic carbocycles. The van der Waals surface area contributed by atoms with Crippen LogP contribution in [0.15, 0.2) is 24.3 Å². The molecular weight excluding hydrogens is 300 g/mol. The van der Waals surface area contributed by atoms with Gasteiger partial charge < -0.3 is 14.8 Å². The first-order valence-corrected chi connectivity index (χ1v) is 7.59. The van der Waals surface area contributed by atoms with Crippen LogP contribution in [-0.4, -0.2) is 48.7 Å². The number of benzene rings is 1. The first-order chi connectivity index (χ1) is 11.1. The summed E-state index contributed by atoms with van der Waals surface area (Å²) in [6.45, 7) is 1.21. The summed E-state index contributed by atoms with van der Waals surface area (Å²) in [6, 6.07) is 6.29. The molecule has 2 fully saturated rings. The van der Waals surface area contributed by atoms with Crippen LogP contribution in [-0.2, 0) is 20.8 Å². The van der Waals surface area contributed by atoms with Gasteiger partial charge in [-0.3, -0.25) is 9.69 Å². The third-order valence-electron chi connectivity index (χ3n) is 3.89. The Morgan fingerprint density at radius 1 is 1.30 bits per heavy atom. The van der Waals surface area contributed by atoms with E-state index >= 15 is 0 Å². The molecule has 3 amide bonds. The van der Waals surface area contributed by atoms with Gasteiger partial charge in [0.05, 0.1) is 24.8 Å². The van der Waals surface area contributed by atoms with Crippen molar-refractivity contribution in [2.75, 3.05) is 19.8 Å². The lowest BCUT2D eigenvalue weighted by Gasteiger charge is -2.13. The highest BCUT2D eigenvalue weighted by Crippen LogP contribution is 2.14. The van der Waals surface area contributed by atoms with E-state index in [2.05, 4.69) is 5.32 Å². The molecule has 2 aliphatic rings. The maximum absolute atomic E-state index is 12.0. The fourth-order valence-corrected chi connectivity index (χ4v) is 2.57. The van der Waals surface area contributed by atoms with E-state index in [1.54, 1.807) is 24.3 Å². The van der Waals surface area contributed by atoms with Crippen LogP contribution >= 0.6 is 0 Å². The fraction of sp³-hybridized carbons (Fsp3) is 0.438. The highest BCUT2D eigenvalue weighted by Gasteiger charge is 2.28. The third kappa shape index (κ3) is 3.68. The minimum absolute atomic E-state index is 0.00193. The molecule has 2 saturated heterocycles. The zero-order valence-corrected chi connectivity index (χ0v) is 12.6. The molecule has 122 valence electrons. The Morgan fingerprint density at radius 3 is 2.70 bits per heavy atom. The lowest BCUT2D eigenvalue weighted by atomic mass is 10.1. The largest absolute Gasteiger partial charge is 0.459 e. The SMILES string of the molecule is O=C(OCC1CCCO1)c1ccc(CN2C(=O)CNC2=O)cc1. The van der Waals surface area contributed by atoms with Crippen molar-refractivity contribution < 1.29 is 23.9 Å². The number of imide groups is 1. The number of hydrogen-bond donors (Lipinski definition) is 1. The molecule has 7 heteroatoms. The Morgan fingerprint density at radius 2 is 2.09 bits per heavy atom. The minimum Gasteiger partial charge on any atom is -0.459 e. The Kier molecular flexibility index (Phi) is 4.57. The predicted molar refractivity (Wildman–Crippen MR) is 79.6 cm³/mol. The highest BCUT2D eigenvalue weighted by atomic mass is 16.6. The normalized spacial score (nSPS) is 20.7. The number of nitrogens with one attached hydrogen (secondary N) is 1. The lowest BCUT2D eigenvalue weighted by molar-refractivity contribution is -0.125. The van der Waals surface area contributed by atoms with E-state index in [4.69, 9.17) is 9.47 Å². The highest BCUT2D eigenvalue weighted by molar-refractivity contribution is 6.01. The molecule has 1 N–H and O–H groups in total. The second-order valence-corrected chi connectivity index (χ2v) is 5.57. The van der Waals surface area contributed by atoms with Crippen LogP contribution in [0.3, 0.4) is 0 Å². The van der Waals surface area contributed by atoms with E-state index in [0.717, 1.165) is 29.9 Å². The summed E-state index contributed by atoms with van der Waals surface area (Å²) >= 11 is 0. The van der Waals surface area contributed by atoms with Crippen LogP contribution in [0.4, 0.5) is 4.79 Å². The number of rotatable bonds is 5. The molecule has 1 atom stereocenters. The van der Waals surface area contributed by atoms with E-state index in [9.17, 15) is 14.4 Å². The number of carbonyl (C=O) groups is 3. The summed E-state index contributed by atoms with van der Waals surface area (Å²) in [7, 11) is 0. The minimum atomic E-state index is -0.401. The quantitative estimate of drug-likeness (QED) is 0.648. The van der Waals surface area contributed by atoms with Gasteiger partial charge in [0.15, 0.2) is 0 Å². The topological polar surface area (TPSA) is 84.9 Å². The molecule has 0 radical (unpaired) electrons. The lowest BCUT2D eigenvalue weighted by Crippen LogP contribution is -2.30. The second-order valence-electron chi connectivity index (χ2n) is 5.57. The van der Waals surface area contributed by atoms with Gasteiger partial charge in [-0.2, -0.15) is 0 Å². The summed E-state index contributed by atoms with van der Waals surface area (Å²) in [5.74, 6) is -0.655. The van der Waals surface area contributed by atoms with Crippen LogP contribution in [0, 0.1) is 0 Å². The van der Waals surface area contributed by atoms with Crippen molar-refractivity contribution in [2.24, 2.45) is 0 Å². The van der Waals surface area contributed by atoms with Gasteiger partial charge in [-0.25, -0.2) is 9.59 Å². The first kappa shape index (κ1) is 15.5. The van der Waals surface area contributed by atoms with Crippen molar-refractivity contribution in [1.29, 1.82) is 0 Å². The average Bonchev–Trinajstić information content (AvgIpc) is 3.18. The molecule has 0 aromatic heterocycles. The third-order valence-corrected chi connectivity index (χ3v) is 3.89. The van der Waals surface area contributed by atoms with Gasteiger partial charge in [0.25, 0.3) is 0 Å². The Balaban J connectivity index is 1.54. The average molecular weight is 318 g/mol. The van der Waals surface area contributed by atoms with Crippen molar-refractivity contribution in [2.45, 2.75) is 25.5 Å². The standard InChI is InChI=1S/C16H18N2O5/c19-14-8-17-16(21)18(14)9-11-3-5-12(6-4-11)15(20)23-10-13-2-1-7-22-13/h3-6,13H,1-2,7-10H2,(H,17,21). The molecule has 1 aromatic rings. The summed E-state index contributed by atoms with van der Waals surface area (Å²) in [5.41, 5.74) is 1.20. The molecule has 0 spiro atoms. The molecule has 7 nitrogen and oxygen atoms in total. The smallest absolute Gasteiger partial charge is 0.338 e. The molecule has 1 unspecified atom stereocenters. The number of carbonyl (C=O) groups excluding carboxylic acids is 3. The van der Waals surface area contributed by atoms with Crippen LogP contribution in [0.2, 0.25) is 0 Å². The van der Waals surface area contributed by atoms with Crippen molar-refractivity contribution in [3.8, 4) is 0 Å². The Labute approximate surface area is 133 Å². The maximum Gasteiger partial charge on any atom is 0.338 e. The van der Waals surface area contributed by atoms with Crippen molar-refractivity contribution in [3.05, 3.63) is 35.4 Å². The second kappa shape index (κ2) is 6.78. The molecule has 0 saturated carbocycles. The van der Waals surface area contributed by atoms with Gasteiger partial charge in [0.1, 0.15) is 6.61 Å². The summed E-state index contributed by atoms with van der Waals surface area (Å²) in [5, 5.41) is 2.46. The van der Waals surface area contributed by atoms with Gasteiger partial charge in [-0.1, -0.05) is 12.1 Å². The number of urea groups is 1. The molecule has 3 rings (SSSR count). The Hall–Kier alpha value is -2.41. The van der Waals surface area contributed by atoms with E-state index in [1.165, 1.54) is 0 Å². The number of hydrogen-bond acceptors (Lipinski definition) is 5. The summed E-state index contributed by atoms with van der Waals surface area (Å²) < 4.78 is 10.6. The van der Waals surface area contributed by atoms with Crippen LogP contribution in [0.25, 0.3) is 0 Å². The zero-order chi connectivity index (χ0) is 16.2. The zero-order valence-electron chi connectivity index (χ0n) is 12.6. The predicted octanol–water partition coefficient (Wildman–Crippen LogP) is 1.07. The van der Waals surface area contributed by atoms with Gasteiger partial charge in [0.2, 0.25) is 5.91 Å². The molecule has 23 heavy (non-hydrogen) atoms. The Bertz CT molecular complexity index is 591. The van der Waals surface area contributed by atoms with Crippen LogP contribution in [0.1, 0.15) is 28.8 Å². The van der Waals surface area contributed by atoms with Crippen molar-refractivity contribution in [3.63, 3.8) is 0 Å². The number of nitrogens with zero attached hydrogens (tertiary/aromatic N) is 1. The number of ether oxygens (including phenoxy) is 2. The van der Waals surface area contributed by atoms with Crippen molar-refractivity contribution in [1.82, 2.24) is 10.2 Å². The van der Waals surface area contributed by atoms with E-state index in [0.29, 0.717) is 5.56 Å². The van der Waals surface area contributed by atoms with Crippen LogP contribution < -0.4 is 5.32 Å². The van der Waals surface area contributed by atoms with E-state index in [1.807, 2.05) is 0 Å². The fourth-order valence-electron chi connectivity index (χ4n) is 2.57. The van der Waals surface area contributed by atoms with E-state index < -0.39 is 12.0 Å². The van der Waals surface area contributed by atoms with Crippen LogP contribution in [0.5, 0.6) is 0 Å². The van der Waals surface area contributed by atoms with Gasteiger partial charge in [-0.05, 0) is 30.5 Å². The molecular formula is C16H18N2O5. The monoisotopic (exact) mass is 318 g/mol. The van der Waals surface area contributed by atoms with Gasteiger partial charge >= 0.3 is 12.0 Å². The van der Waals surface area contributed by atoms with Crippen molar-refractivity contribution >= 4 is 17.9 Å². The molecule has 2 aliphatic heterocycles. The number of esters is 1. The molecule has 0 bridgehead atoms. The first-order valence-electron chi connectivity index (χ1n) is 7.59. The summed E-state index contributed by atoms with van der Waals surface area (Å²) in [6.07, 6.45) is 1.91. The molecule has 2 heterocycles. The number of amides is 3. The summed E-state index contributed by atoms with van der Waals surface area (Å²) in [4.78, 5) is 36.1. The molecule has 1 aromatic carbocycles. The van der Waals surface area contributed by atoms with Gasteiger partial charge in [-0.15, -0.1) is 0 Å².